The van der Waals surface area contributed by atoms with Gasteiger partial charge in [-0.3, -0.25) is 0 Å². The molecule has 0 aliphatic carbocycles. The highest BCUT2D eigenvalue weighted by Crippen LogP contribution is 2.29. The molecule has 0 radical (unpaired) electrons. The Labute approximate surface area is 112 Å². The lowest BCUT2D eigenvalue weighted by Gasteiger charge is -2.46. The lowest BCUT2D eigenvalue weighted by atomic mass is 9.84. The van der Waals surface area contributed by atoms with Crippen molar-refractivity contribution in [1.29, 1.82) is 0 Å². The van der Waals surface area contributed by atoms with Crippen molar-refractivity contribution in [3.05, 3.63) is 0 Å². The summed E-state index contributed by atoms with van der Waals surface area (Å²) in [5.74, 6) is 1.26. The number of aliphatic hydroxyl groups is 1. The molecule has 2 heterocycles. The highest BCUT2D eigenvalue weighted by atomic mass is 16.3. The van der Waals surface area contributed by atoms with Gasteiger partial charge >= 0.3 is 0 Å². The Balaban J connectivity index is 1.83. The average molecular weight is 254 g/mol. The smallest absolute Gasteiger partial charge is 0.0692 e. The molecule has 0 spiro atoms. The van der Waals surface area contributed by atoms with Crippen molar-refractivity contribution in [3.63, 3.8) is 0 Å². The highest BCUT2D eigenvalue weighted by molar-refractivity contribution is 4.89. The minimum absolute atomic E-state index is 0.145. The molecule has 2 saturated heterocycles. The number of fused-ring (bicyclic) bond motifs is 1. The summed E-state index contributed by atoms with van der Waals surface area (Å²) in [5.41, 5.74) is 0. The molecule has 18 heavy (non-hydrogen) atoms. The van der Waals surface area contributed by atoms with Gasteiger partial charge in [0.2, 0.25) is 0 Å². The molecule has 4 atom stereocenters. The number of hydrogen-bond acceptors (Lipinski definition) is 3. The third-order valence-corrected chi connectivity index (χ3v) is 5.18. The third-order valence-electron chi connectivity index (χ3n) is 5.18. The second-order valence-corrected chi connectivity index (χ2v) is 6.45. The average Bonchev–Trinajstić information content (AvgIpc) is 2.38. The molecule has 106 valence electrons. The number of nitrogens with zero attached hydrogens (tertiary/aromatic N) is 2. The normalized spacial score (nSPS) is 34.0. The fourth-order valence-electron chi connectivity index (χ4n) is 3.61. The van der Waals surface area contributed by atoms with Crippen LogP contribution in [0.3, 0.4) is 0 Å². The van der Waals surface area contributed by atoms with Crippen LogP contribution in [-0.4, -0.2) is 60.3 Å². The maximum Gasteiger partial charge on any atom is 0.0692 e. The Hall–Kier alpha value is -0.120. The van der Waals surface area contributed by atoms with Crippen molar-refractivity contribution in [1.82, 2.24) is 9.80 Å². The van der Waals surface area contributed by atoms with Gasteiger partial charge < -0.3 is 14.9 Å². The Morgan fingerprint density at radius 3 is 2.78 bits per heavy atom. The molecule has 2 fully saturated rings. The first-order valence-electron chi connectivity index (χ1n) is 7.72. The fourth-order valence-corrected chi connectivity index (χ4v) is 3.61. The molecule has 3 nitrogen and oxygen atoms in total. The van der Waals surface area contributed by atoms with E-state index in [1.165, 1.54) is 38.9 Å². The van der Waals surface area contributed by atoms with Crippen LogP contribution in [0.4, 0.5) is 0 Å². The van der Waals surface area contributed by atoms with E-state index in [1.54, 1.807) is 0 Å². The van der Waals surface area contributed by atoms with Crippen LogP contribution in [-0.2, 0) is 0 Å². The second kappa shape index (κ2) is 6.36. The highest BCUT2D eigenvalue weighted by Gasteiger charge is 2.34. The monoisotopic (exact) mass is 254 g/mol. The summed E-state index contributed by atoms with van der Waals surface area (Å²) in [7, 11) is 2.28. The van der Waals surface area contributed by atoms with Crippen molar-refractivity contribution >= 4 is 0 Å². The largest absolute Gasteiger partial charge is 0.392 e. The van der Waals surface area contributed by atoms with Crippen LogP contribution in [0.5, 0.6) is 0 Å². The van der Waals surface area contributed by atoms with Gasteiger partial charge in [-0.1, -0.05) is 20.3 Å². The van der Waals surface area contributed by atoms with E-state index in [1.807, 2.05) is 0 Å². The molecule has 2 aliphatic rings. The van der Waals surface area contributed by atoms with Crippen LogP contribution in [0.15, 0.2) is 0 Å². The lowest BCUT2D eigenvalue weighted by Crippen LogP contribution is -2.54. The predicted molar refractivity (Wildman–Crippen MR) is 75.7 cm³/mol. The molecule has 1 N–H and O–H groups in total. The molecule has 0 saturated carbocycles. The molecule has 0 amide bonds. The van der Waals surface area contributed by atoms with Gasteiger partial charge in [0.15, 0.2) is 0 Å². The zero-order valence-electron chi connectivity index (χ0n) is 12.3. The van der Waals surface area contributed by atoms with Crippen LogP contribution in [0.1, 0.15) is 39.5 Å². The first kappa shape index (κ1) is 14.3. The molecule has 0 bridgehead atoms. The number of β-amino-alcohol motifs (C(OH)–C–C–N with tert-alkyl or cyclic N) is 1. The molecule has 2 rings (SSSR count). The number of rotatable bonds is 4. The van der Waals surface area contributed by atoms with Crippen LogP contribution in [0.2, 0.25) is 0 Å². The van der Waals surface area contributed by atoms with E-state index in [0.717, 1.165) is 24.9 Å². The lowest BCUT2D eigenvalue weighted by molar-refractivity contribution is 0.00594. The number of piperidine rings is 2. The van der Waals surface area contributed by atoms with E-state index in [4.69, 9.17) is 0 Å². The first-order valence-corrected chi connectivity index (χ1v) is 7.72. The predicted octanol–water partition coefficient (Wildman–Crippen LogP) is 1.81. The summed E-state index contributed by atoms with van der Waals surface area (Å²) in [6.07, 6.45) is 4.94. The fraction of sp³-hybridized carbons (Fsp3) is 1.00. The van der Waals surface area contributed by atoms with Gasteiger partial charge in [-0.25, -0.2) is 0 Å². The summed E-state index contributed by atoms with van der Waals surface area (Å²) in [6.45, 7) is 8.84. The zero-order valence-corrected chi connectivity index (χ0v) is 12.3. The van der Waals surface area contributed by atoms with Gasteiger partial charge in [-0.15, -0.1) is 0 Å². The maximum atomic E-state index is 10.2. The molecule has 4 unspecified atom stereocenters. The number of hydrogen-bond donors (Lipinski definition) is 1. The van der Waals surface area contributed by atoms with Crippen molar-refractivity contribution in [2.24, 2.45) is 11.8 Å². The van der Waals surface area contributed by atoms with Gasteiger partial charge in [0.25, 0.3) is 0 Å². The van der Waals surface area contributed by atoms with E-state index in [2.05, 4.69) is 30.7 Å². The van der Waals surface area contributed by atoms with Crippen molar-refractivity contribution in [3.8, 4) is 0 Å². The minimum atomic E-state index is -0.145. The SMILES string of the molecule is CCC(C)C(O)CN1CCC2C(CCCN2C)C1. The molecule has 0 aromatic heterocycles. The topological polar surface area (TPSA) is 26.7 Å². The number of aliphatic hydroxyl groups excluding tert-OH is 1. The van der Waals surface area contributed by atoms with E-state index < -0.39 is 0 Å². The molecule has 0 aromatic rings. The minimum Gasteiger partial charge on any atom is -0.392 e. The van der Waals surface area contributed by atoms with Gasteiger partial charge in [-0.05, 0) is 51.2 Å². The van der Waals surface area contributed by atoms with Gasteiger partial charge in [0, 0.05) is 19.1 Å². The summed E-state index contributed by atoms with van der Waals surface area (Å²) in [4.78, 5) is 5.05. The maximum absolute atomic E-state index is 10.2. The van der Waals surface area contributed by atoms with Crippen molar-refractivity contribution < 1.29 is 5.11 Å². The summed E-state index contributed by atoms with van der Waals surface area (Å²) < 4.78 is 0. The van der Waals surface area contributed by atoms with Gasteiger partial charge in [0.1, 0.15) is 0 Å². The van der Waals surface area contributed by atoms with E-state index in [-0.39, 0.29) is 6.10 Å². The molecular formula is C15H30N2O. The molecular weight excluding hydrogens is 224 g/mol. The van der Waals surface area contributed by atoms with Crippen LogP contribution < -0.4 is 0 Å². The Bertz CT molecular complexity index is 259. The van der Waals surface area contributed by atoms with E-state index >= 15 is 0 Å². The van der Waals surface area contributed by atoms with Crippen LogP contribution in [0.25, 0.3) is 0 Å². The molecule has 3 heteroatoms. The Morgan fingerprint density at radius 2 is 2.06 bits per heavy atom. The van der Waals surface area contributed by atoms with Gasteiger partial charge in [0.05, 0.1) is 6.10 Å². The summed E-state index contributed by atoms with van der Waals surface area (Å²) in [5, 5.41) is 10.2. The molecule has 2 aliphatic heterocycles. The first-order chi connectivity index (χ1) is 8.61. The Morgan fingerprint density at radius 1 is 1.28 bits per heavy atom. The van der Waals surface area contributed by atoms with Gasteiger partial charge in [-0.2, -0.15) is 0 Å². The Kier molecular flexibility index (Phi) is 5.05. The second-order valence-electron chi connectivity index (χ2n) is 6.45. The molecule has 0 aromatic carbocycles. The van der Waals surface area contributed by atoms with Crippen LogP contribution >= 0.6 is 0 Å². The zero-order chi connectivity index (χ0) is 13.1. The van der Waals surface area contributed by atoms with E-state index in [9.17, 15) is 5.11 Å². The summed E-state index contributed by atoms with van der Waals surface area (Å²) in [6, 6.07) is 0.802. The summed E-state index contributed by atoms with van der Waals surface area (Å²) >= 11 is 0. The quantitative estimate of drug-likeness (QED) is 0.829. The van der Waals surface area contributed by atoms with Crippen molar-refractivity contribution in [2.75, 3.05) is 33.2 Å². The van der Waals surface area contributed by atoms with E-state index in [0.29, 0.717) is 5.92 Å². The number of likely N-dealkylation sites (tertiary alicyclic amines) is 2. The van der Waals surface area contributed by atoms with Crippen LogP contribution in [0, 0.1) is 11.8 Å². The van der Waals surface area contributed by atoms with Crippen molar-refractivity contribution in [2.45, 2.75) is 51.7 Å². The standard InChI is InChI=1S/C15H30N2O/c1-4-12(2)15(18)11-17-9-7-14-13(10-17)6-5-8-16(14)3/h12-15,18H,4-11H2,1-3H3. The third kappa shape index (κ3) is 3.25.